The molecule has 0 radical (unpaired) electrons. The van der Waals surface area contributed by atoms with Crippen LogP contribution in [0, 0.1) is 0 Å². The number of carbonyl (C=O) groups is 2. The van der Waals surface area contributed by atoms with Gasteiger partial charge < -0.3 is 5.32 Å². The summed E-state index contributed by atoms with van der Waals surface area (Å²) in [6.07, 6.45) is -5.53. The smallest absolute Gasteiger partial charge is 0.352 e. The van der Waals surface area contributed by atoms with Crippen LogP contribution in [0.5, 0.6) is 0 Å². The van der Waals surface area contributed by atoms with Crippen LogP contribution in [0.3, 0.4) is 0 Å². The van der Waals surface area contributed by atoms with Crippen LogP contribution in [0.2, 0.25) is 5.02 Å². The number of benzene rings is 1. The fourth-order valence-corrected chi connectivity index (χ4v) is 1.40. The molecule has 0 aliphatic heterocycles. The van der Waals surface area contributed by atoms with E-state index < -0.39 is 18.5 Å². The van der Waals surface area contributed by atoms with Gasteiger partial charge in [0.25, 0.3) is 0 Å². The molecule has 0 fully saturated rings. The first kappa shape index (κ1) is 14.5. The van der Waals surface area contributed by atoms with Gasteiger partial charge in [-0.15, -0.1) is 0 Å². The quantitative estimate of drug-likeness (QED) is 0.862. The first-order chi connectivity index (χ1) is 8.31. The van der Waals surface area contributed by atoms with Crippen LogP contribution in [0.15, 0.2) is 18.2 Å². The van der Waals surface area contributed by atoms with Crippen LogP contribution in [0.1, 0.15) is 22.3 Å². The molecule has 0 atom stereocenters. The molecule has 0 saturated carbocycles. The third-order valence-corrected chi connectivity index (χ3v) is 2.38. The molecule has 3 nitrogen and oxygen atoms in total. The van der Waals surface area contributed by atoms with E-state index in [4.69, 9.17) is 11.6 Å². The van der Waals surface area contributed by atoms with Gasteiger partial charge in [-0.3, -0.25) is 9.59 Å². The Hall–Kier alpha value is -1.56. The Morgan fingerprint density at radius 2 is 2.06 bits per heavy atom. The van der Waals surface area contributed by atoms with Gasteiger partial charge >= 0.3 is 6.18 Å². The average Bonchev–Trinajstić information content (AvgIpc) is 2.25. The molecule has 0 spiro atoms. The van der Waals surface area contributed by atoms with Gasteiger partial charge in [0.15, 0.2) is 6.29 Å². The van der Waals surface area contributed by atoms with Gasteiger partial charge in [-0.1, -0.05) is 17.7 Å². The van der Waals surface area contributed by atoms with E-state index in [0.29, 0.717) is 11.8 Å². The predicted octanol–water partition coefficient (Wildman–Crippen LogP) is 2.72. The van der Waals surface area contributed by atoms with E-state index in [9.17, 15) is 22.8 Å². The number of carbonyl (C=O) groups excluding carboxylic acids is 2. The number of nitrogens with one attached hydrogen (secondary N) is 1. The van der Waals surface area contributed by atoms with E-state index in [1.807, 2.05) is 0 Å². The van der Waals surface area contributed by atoms with Gasteiger partial charge in [0.05, 0.1) is 5.02 Å². The second kappa shape index (κ2) is 5.86. The minimum absolute atomic E-state index is 0.0904. The van der Waals surface area contributed by atoms with Crippen molar-refractivity contribution in [3.8, 4) is 0 Å². The highest BCUT2D eigenvalue weighted by Crippen LogP contribution is 2.19. The molecule has 0 aliphatic rings. The Morgan fingerprint density at radius 1 is 1.39 bits per heavy atom. The highest BCUT2D eigenvalue weighted by atomic mass is 35.5. The molecule has 1 rings (SSSR count). The number of amides is 1. The van der Waals surface area contributed by atoms with Crippen LogP contribution in [-0.2, 0) is 11.3 Å². The maximum absolute atomic E-state index is 11.9. The number of alkyl halides is 3. The van der Waals surface area contributed by atoms with E-state index in [1.165, 1.54) is 18.2 Å². The predicted molar refractivity (Wildman–Crippen MR) is 59.4 cm³/mol. The lowest BCUT2D eigenvalue weighted by Gasteiger charge is -2.08. The van der Waals surface area contributed by atoms with Gasteiger partial charge in [0.1, 0.15) is 6.42 Å². The largest absolute Gasteiger partial charge is 0.397 e. The minimum atomic E-state index is -4.53. The molecule has 1 N–H and O–H groups in total. The van der Waals surface area contributed by atoms with Crippen LogP contribution in [0.25, 0.3) is 0 Å². The summed E-state index contributed by atoms with van der Waals surface area (Å²) in [5.41, 5.74) is 0.719. The van der Waals surface area contributed by atoms with E-state index >= 15 is 0 Å². The third kappa shape index (κ3) is 4.75. The zero-order chi connectivity index (χ0) is 13.8. The fourth-order valence-electron chi connectivity index (χ4n) is 1.24. The summed E-state index contributed by atoms with van der Waals surface area (Å²) >= 11 is 5.68. The lowest BCUT2D eigenvalue weighted by molar-refractivity contribution is -0.153. The molecule has 98 valence electrons. The van der Waals surface area contributed by atoms with Crippen molar-refractivity contribution in [2.75, 3.05) is 0 Å². The number of halogens is 4. The monoisotopic (exact) mass is 279 g/mol. The number of aldehydes is 1. The normalized spacial score (nSPS) is 11.1. The van der Waals surface area contributed by atoms with Crippen LogP contribution in [-0.4, -0.2) is 18.4 Å². The minimum Gasteiger partial charge on any atom is -0.352 e. The molecule has 1 aromatic carbocycles. The van der Waals surface area contributed by atoms with Gasteiger partial charge in [-0.05, 0) is 17.7 Å². The number of rotatable bonds is 4. The molecule has 0 saturated heterocycles. The molecule has 0 unspecified atom stereocenters. The highest BCUT2D eigenvalue weighted by Gasteiger charge is 2.30. The Labute approximate surface area is 106 Å². The van der Waals surface area contributed by atoms with Gasteiger partial charge in [-0.2, -0.15) is 13.2 Å². The molecule has 7 heteroatoms. The summed E-state index contributed by atoms with van der Waals surface area (Å²) in [6, 6.07) is 4.36. The molecule has 18 heavy (non-hydrogen) atoms. The summed E-state index contributed by atoms with van der Waals surface area (Å²) in [5, 5.41) is 2.35. The van der Waals surface area contributed by atoms with Crippen LogP contribution >= 0.6 is 11.6 Å². The summed E-state index contributed by atoms with van der Waals surface area (Å²) in [6.45, 7) is -0.0904. The van der Waals surface area contributed by atoms with Gasteiger partial charge in [0, 0.05) is 12.1 Å². The molecule has 1 aromatic rings. The topological polar surface area (TPSA) is 46.2 Å². The summed E-state index contributed by atoms with van der Waals surface area (Å²) in [4.78, 5) is 21.5. The van der Waals surface area contributed by atoms with Crippen molar-refractivity contribution < 1.29 is 22.8 Å². The first-order valence-corrected chi connectivity index (χ1v) is 5.26. The maximum Gasteiger partial charge on any atom is 0.397 e. The fraction of sp³-hybridized carbons (Fsp3) is 0.273. The summed E-state index contributed by atoms with van der Waals surface area (Å²) < 4.78 is 35.6. The number of hydrogen-bond acceptors (Lipinski definition) is 2. The zero-order valence-electron chi connectivity index (χ0n) is 9.05. The second-order valence-corrected chi connectivity index (χ2v) is 3.95. The standard InChI is InChI=1S/C11H9ClF3NO2/c12-9-2-1-7(3-8(9)6-17)5-16-10(18)4-11(13,14)15/h1-3,6H,4-5H2,(H,16,18). The van der Waals surface area contributed by atoms with E-state index in [0.717, 1.165) is 0 Å². The number of hydrogen-bond donors (Lipinski definition) is 1. The highest BCUT2D eigenvalue weighted by molar-refractivity contribution is 6.32. The van der Waals surface area contributed by atoms with Crippen molar-refractivity contribution in [3.05, 3.63) is 34.3 Å². The summed E-state index contributed by atoms with van der Waals surface area (Å²) in [5.74, 6) is -1.12. The first-order valence-electron chi connectivity index (χ1n) is 4.89. The van der Waals surface area contributed by atoms with E-state index in [1.54, 1.807) is 0 Å². The molecule has 0 heterocycles. The van der Waals surface area contributed by atoms with Gasteiger partial charge in [0.2, 0.25) is 5.91 Å². The van der Waals surface area contributed by atoms with Crippen molar-refractivity contribution >= 4 is 23.8 Å². The van der Waals surface area contributed by atoms with Crippen molar-refractivity contribution in [2.24, 2.45) is 0 Å². The molecular weight excluding hydrogens is 271 g/mol. The van der Waals surface area contributed by atoms with Crippen molar-refractivity contribution in [1.29, 1.82) is 0 Å². The molecular formula is C11H9ClF3NO2. The Bertz CT molecular complexity index is 460. The Morgan fingerprint density at radius 3 is 2.61 bits per heavy atom. The Kier molecular flexibility index (Phi) is 4.72. The Balaban J connectivity index is 2.59. The average molecular weight is 280 g/mol. The van der Waals surface area contributed by atoms with E-state index in [-0.39, 0.29) is 17.1 Å². The molecule has 0 aliphatic carbocycles. The lowest BCUT2D eigenvalue weighted by atomic mass is 10.1. The lowest BCUT2D eigenvalue weighted by Crippen LogP contribution is -2.28. The second-order valence-electron chi connectivity index (χ2n) is 3.54. The maximum atomic E-state index is 11.9. The summed E-state index contributed by atoms with van der Waals surface area (Å²) in [7, 11) is 0. The van der Waals surface area contributed by atoms with Gasteiger partial charge in [-0.25, -0.2) is 0 Å². The third-order valence-electron chi connectivity index (χ3n) is 2.04. The molecule has 0 bridgehead atoms. The SMILES string of the molecule is O=Cc1cc(CNC(=O)CC(F)(F)F)ccc1Cl. The zero-order valence-corrected chi connectivity index (χ0v) is 9.81. The molecule has 1 amide bonds. The van der Waals surface area contributed by atoms with Crippen molar-refractivity contribution in [3.63, 3.8) is 0 Å². The van der Waals surface area contributed by atoms with Crippen LogP contribution in [0.4, 0.5) is 13.2 Å². The van der Waals surface area contributed by atoms with Crippen molar-refractivity contribution in [2.45, 2.75) is 19.1 Å². The molecule has 0 aromatic heterocycles. The van der Waals surface area contributed by atoms with E-state index in [2.05, 4.69) is 5.32 Å². The van der Waals surface area contributed by atoms with Crippen molar-refractivity contribution in [1.82, 2.24) is 5.32 Å². The van der Waals surface area contributed by atoms with Crippen LogP contribution < -0.4 is 5.32 Å².